The summed E-state index contributed by atoms with van der Waals surface area (Å²) < 4.78 is 0. The topological polar surface area (TPSA) is 49.8 Å². The lowest BCUT2D eigenvalue weighted by atomic mass is 9.93. The summed E-state index contributed by atoms with van der Waals surface area (Å²) in [7, 11) is 0. The minimum atomic E-state index is 0.429. The van der Waals surface area contributed by atoms with Gasteiger partial charge in [-0.25, -0.2) is 4.98 Å². The largest absolute Gasteiger partial charge is 0.366 e. The van der Waals surface area contributed by atoms with E-state index in [1.54, 1.807) is 12.3 Å². The molecule has 0 saturated heterocycles. The Morgan fingerprint density at radius 1 is 1.09 bits per heavy atom. The first-order chi connectivity index (χ1) is 11.0. The predicted octanol–water partition coefficient (Wildman–Crippen LogP) is 5.06. The third-order valence-electron chi connectivity index (χ3n) is 3.69. The number of hydrogen-bond donors (Lipinski definition) is 2. The molecule has 0 fully saturated rings. The first kappa shape index (κ1) is 17.0. The highest BCUT2D eigenvalue weighted by Gasteiger charge is 2.14. The fourth-order valence-electron chi connectivity index (χ4n) is 2.50. The third-order valence-corrected chi connectivity index (χ3v) is 3.69. The summed E-state index contributed by atoms with van der Waals surface area (Å²) in [4.78, 5) is 8.88. The van der Waals surface area contributed by atoms with Crippen LogP contribution in [-0.2, 0) is 0 Å². The quantitative estimate of drug-likeness (QED) is 0.701. The molecule has 0 aliphatic carbocycles. The van der Waals surface area contributed by atoms with Crippen LogP contribution in [0.15, 0.2) is 43.1 Å². The molecule has 0 aliphatic rings. The number of hydrogen-bond acceptors (Lipinski definition) is 4. The first-order valence-corrected chi connectivity index (χ1v) is 8.10. The van der Waals surface area contributed by atoms with Crippen molar-refractivity contribution in [2.45, 2.75) is 39.5 Å². The molecule has 1 aromatic heterocycles. The van der Waals surface area contributed by atoms with E-state index in [1.165, 1.54) is 11.1 Å². The summed E-state index contributed by atoms with van der Waals surface area (Å²) in [6.07, 6.45) is 3.56. The maximum absolute atomic E-state index is 4.53. The van der Waals surface area contributed by atoms with Gasteiger partial charge in [-0.2, -0.15) is 4.98 Å². The smallest absolute Gasteiger partial charge is 0.229 e. The summed E-state index contributed by atoms with van der Waals surface area (Å²) in [6.45, 7) is 13.2. The van der Waals surface area contributed by atoms with Gasteiger partial charge in [0.05, 0.1) is 0 Å². The fourth-order valence-corrected chi connectivity index (χ4v) is 2.50. The van der Waals surface area contributed by atoms with Gasteiger partial charge in [0.15, 0.2) is 0 Å². The SMILES string of the molecule is C=CCNc1ccnc(Nc2c(C(C)C)cccc2C(C)C)n1. The van der Waals surface area contributed by atoms with Gasteiger partial charge < -0.3 is 10.6 Å². The maximum atomic E-state index is 4.53. The lowest BCUT2D eigenvalue weighted by molar-refractivity contribution is 0.837. The number of aromatic nitrogens is 2. The van der Waals surface area contributed by atoms with E-state index in [9.17, 15) is 0 Å². The highest BCUT2D eigenvalue weighted by Crippen LogP contribution is 2.33. The molecule has 1 heterocycles. The van der Waals surface area contributed by atoms with Crippen molar-refractivity contribution in [1.29, 1.82) is 0 Å². The second-order valence-electron chi connectivity index (χ2n) is 6.18. The number of anilines is 3. The van der Waals surface area contributed by atoms with Crippen molar-refractivity contribution >= 4 is 17.5 Å². The average molecular weight is 310 g/mol. The van der Waals surface area contributed by atoms with Gasteiger partial charge in [-0.3, -0.25) is 0 Å². The van der Waals surface area contributed by atoms with Gasteiger partial charge in [0, 0.05) is 18.4 Å². The van der Waals surface area contributed by atoms with Crippen LogP contribution < -0.4 is 10.6 Å². The van der Waals surface area contributed by atoms with Crippen LogP contribution in [0.1, 0.15) is 50.7 Å². The summed E-state index contributed by atoms with van der Waals surface area (Å²) in [5.74, 6) is 2.25. The van der Waals surface area contributed by atoms with Gasteiger partial charge in [0.1, 0.15) is 5.82 Å². The molecular formula is C19H26N4. The molecule has 0 spiro atoms. The van der Waals surface area contributed by atoms with Crippen molar-refractivity contribution in [1.82, 2.24) is 9.97 Å². The fraction of sp³-hybridized carbons (Fsp3) is 0.368. The molecule has 2 rings (SSSR count). The van der Waals surface area contributed by atoms with Gasteiger partial charge in [-0.15, -0.1) is 6.58 Å². The first-order valence-electron chi connectivity index (χ1n) is 8.10. The van der Waals surface area contributed by atoms with E-state index in [4.69, 9.17) is 0 Å². The Balaban J connectivity index is 2.37. The second kappa shape index (κ2) is 7.77. The summed E-state index contributed by atoms with van der Waals surface area (Å²) >= 11 is 0. The molecular weight excluding hydrogens is 284 g/mol. The minimum absolute atomic E-state index is 0.429. The normalized spacial score (nSPS) is 10.9. The Labute approximate surface area is 139 Å². The average Bonchev–Trinajstić information content (AvgIpc) is 2.53. The maximum Gasteiger partial charge on any atom is 0.229 e. The van der Waals surface area contributed by atoms with E-state index in [0.717, 1.165) is 11.5 Å². The molecule has 2 N–H and O–H groups in total. The van der Waals surface area contributed by atoms with Crippen LogP contribution in [0.3, 0.4) is 0 Å². The van der Waals surface area contributed by atoms with Crippen molar-refractivity contribution in [2.24, 2.45) is 0 Å². The lowest BCUT2D eigenvalue weighted by Crippen LogP contribution is -2.07. The van der Waals surface area contributed by atoms with E-state index in [2.05, 4.69) is 73.1 Å². The predicted molar refractivity (Wildman–Crippen MR) is 98.6 cm³/mol. The van der Waals surface area contributed by atoms with Gasteiger partial charge in [0.25, 0.3) is 0 Å². The van der Waals surface area contributed by atoms with Crippen molar-refractivity contribution < 1.29 is 0 Å². The molecule has 0 saturated carbocycles. The van der Waals surface area contributed by atoms with E-state index in [-0.39, 0.29) is 0 Å². The minimum Gasteiger partial charge on any atom is -0.366 e. The van der Waals surface area contributed by atoms with E-state index in [1.807, 2.05) is 6.07 Å². The van der Waals surface area contributed by atoms with E-state index in [0.29, 0.717) is 24.3 Å². The number of nitrogens with one attached hydrogen (secondary N) is 2. The van der Waals surface area contributed by atoms with Crippen molar-refractivity contribution in [3.8, 4) is 0 Å². The molecule has 1 aromatic carbocycles. The Morgan fingerprint density at radius 3 is 2.30 bits per heavy atom. The van der Waals surface area contributed by atoms with Crippen LogP contribution >= 0.6 is 0 Å². The Morgan fingerprint density at radius 2 is 1.74 bits per heavy atom. The van der Waals surface area contributed by atoms with Crippen molar-refractivity contribution in [3.05, 3.63) is 54.2 Å². The van der Waals surface area contributed by atoms with Crippen LogP contribution in [0.5, 0.6) is 0 Å². The van der Waals surface area contributed by atoms with Crippen LogP contribution in [0.4, 0.5) is 17.5 Å². The zero-order valence-electron chi connectivity index (χ0n) is 14.4. The van der Waals surface area contributed by atoms with Crippen molar-refractivity contribution in [3.63, 3.8) is 0 Å². The number of rotatable bonds is 7. The molecule has 4 heteroatoms. The van der Waals surface area contributed by atoms with Gasteiger partial charge in [-0.1, -0.05) is 52.0 Å². The van der Waals surface area contributed by atoms with Crippen molar-refractivity contribution in [2.75, 3.05) is 17.2 Å². The van der Waals surface area contributed by atoms with Crippen LogP contribution in [0.25, 0.3) is 0 Å². The number of nitrogens with zero attached hydrogens (tertiary/aromatic N) is 2. The summed E-state index contributed by atoms with van der Waals surface area (Å²) in [6, 6.07) is 8.31. The summed E-state index contributed by atoms with van der Waals surface area (Å²) in [5, 5.41) is 6.62. The zero-order chi connectivity index (χ0) is 16.8. The summed E-state index contributed by atoms with van der Waals surface area (Å²) in [5.41, 5.74) is 3.69. The number of benzene rings is 1. The molecule has 0 aliphatic heterocycles. The lowest BCUT2D eigenvalue weighted by Gasteiger charge is -2.20. The van der Waals surface area contributed by atoms with Crippen LogP contribution in [0.2, 0.25) is 0 Å². The molecule has 0 amide bonds. The highest BCUT2D eigenvalue weighted by molar-refractivity contribution is 5.65. The second-order valence-corrected chi connectivity index (χ2v) is 6.18. The van der Waals surface area contributed by atoms with Gasteiger partial charge in [0.2, 0.25) is 5.95 Å². The standard InChI is InChI=1S/C19H26N4/c1-6-11-20-17-10-12-21-19(22-17)23-18-15(13(2)3)8-7-9-16(18)14(4)5/h6-10,12-14H,1,11H2,2-5H3,(H2,20,21,22,23). The monoisotopic (exact) mass is 310 g/mol. The number of para-hydroxylation sites is 1. The molecule has 0 atom stereocenters. The van der Waals surface area contributed by atoms with E-state index < -0.39 is 0 Å². The molecule has 4 nitrogen and oxygen atoms in total. The third kappa shape index (κ3) is 4.31. The molecule has 0 bridgehead atoms. The van der Waals surface area contributed by atoms with Gasteiger partial charge >= 0.3 is 0 Å². The molecule has 23 heavy (non-hydrogen) atoms. The molecule has 122 valence electrons. The molecule has 2 aromatic rings. The van der Waals surface area contributed by atoms with Crippen LogP contribution in [-0.4, -0.2) is 16.5 Å². The molecule has 0 radical (unpaired) electrons. The Bertz CT molecular complexity index is 636. The van der Waals surface area contributed by atoms with E-state index >= 15 is 0 Å². The molecule has 0 unspecified atom stereocenters. The Hall–Kier alpha value is -2.36. The van der Waals surface area contributed by atoms with Crippen LogP contribution in [0, 0.1) is 0 Å². The zero-order valence-corrected chi connectivity index (χ0v) is 14.4. The highest BCUT2D eigenvalue weighted by atomic mass is 15.1. The Kier molecular flexibility index (Phi) is 5.74. The van der Waals surface area contributed by atoms with Gasteiger partial charge in [-0.05, 0) is 29.0 Å².